The zero-order valence-corrected chi connectivity index (χ0v) is 18.8. The van der Waals surface area contributed by atoms with Crippen molar-refractivity contribution in [3.05, 3.63) is 29.3 Å². The maximum absolute atomic E-state index is 13.2. The highest BCUT2D eigenvalue weighted by Gasteiger charge is 2.60. The Morgan fingerprint density at radius 1 is 0.946 bits per heavy atom. The van der Waals surface area contributed by atoms with Crippen LogP contribution in [0.15, 0.2) is 18.2 Å². The van der Waals surface area contributed by atoms with Crippen molar-refractivity contribution in [3.63, 3.8) is 0 Å². The van der Waals surface area contributed by atoms with E-state index in [4.69, 9.17) is 9.84 Å². The molecule has 1 aromatic carbocycles. The van der Waals surface area contributed by atoms with E-state index in [1.165, 1.54) is 6.07 Å². The van der Waals surface area contributed by atoms with Gasteiger partial charge in [0.25, 0.3) is 6.10 Å². The van der Waals surface area contributed by atoms with Crippen molar-refractivity contribution in [1.82, 2.24) is 9.80 Å². The average molecular weight is 552 g/mol. The fourth-order valence-corrected chi connectivity index (χ4v) is 3.84. The molecule has 1 N–H and O–H groups in total. The Bertz CT molecular complexity index is 968. The van der Waals surface area contributed by atoms with Gasteiger partial charge in [0.15, 0.2) is 0 Å². The van der Waals surface area contributed by atoms with Crippen molar-refractivity contribution in [2.45, 2.75) is 50.1 Å². The summed E-state index contributed by atoms with van der Waals surface area (Å²) in [6.07, 6.45) is -22.8. The molecule has 3 rings (SSSR count). The molecule has 0 aromatic heterocycles. The van der Waals surface area contributed by atoms with Crippen LogP contribution in [0, 0.1) is 5.92 Å². The van der Waals surface area contributed by atoms with Crippen molar-refractivity contribution in [3.8, 4) is 5.75 Å². The lowest BCUT2D eigenvalue weighted by Crippen LogP contribution is -2.52. The molecule has 1 aliphatic carbocycles. The van der Waals surface area contributed by atoms with E-state index in [1.54, 1.807) is 4.90 Å². The molecule has 1 saturated carbocycles. The van der Waals surface area contributed by atoms with Crippen LogP contribution in [0.1, 0.15) is 24.0 Å². The predicted molar refractivity (Wildman–Crippen MR) is 105 cm³/mol. The molecule has 208 valence electrons. The van der Waals surface area contributed by atoms with Crippen LogP contribution in [0.3, 0.4) is 0 Å². The van der Waals surface area contributed by atoms with E-state index >= 15 is 0 Å². The molecule has 2 fully saturated rings. The lowest BCUT2D eigenvalue weighted by atomic mass is 9.82. The first-order chi connectivity index (χ1) is 16.9. The average Bonchev–Trinajstić information content (AvgIpc) is 2.72. The summed E-state index contributed by atoms with van der Waals surface area (Å²) in [7, 11) is 0. The normalized spacial score (nSPS) is 21.5. The molecule has 1 aromatic rings. The Hall–Kier alpha value is -2.91. The largest absolute Gasteiger partial charge is 0.490 e. The van der Waals surface area contributed by atoms with E-state index in [0.29, 0.717) is 10.5 Å². The highest BCUT2D eigenvalue weighted by molar-refractivity contribution is 5.71. The molecule has 7 nitrogen and oxygen atoms in total. The molecular weight excluding hydrogens is 531 g/mol. The number of halogens is 9. The van der Waals surface area contributed by atoms with Gasteiger partial charge in [-0.1, -0.05) is 6.07 Å². The molecule has 1 amide bonds. The minimum Gasteiger partial charge on any atom is -0.490 e. The number of rotatable bonds is 6. The molecule has 1 heterocycles. The summed E-state index contributed by atoms with van der Waals surface area (Å²) in [6, 6.07) is 2.78. The number of carboxylic acid groups (broad SMARTS) is 1. The first kappa shape index (κ1) is 28.7. The third-order valence-electron chi connectivity index (χ3n) is 5.97. The summed E-state index contributed by atoms with van der Waals surface area (Å²) in [6.45, 7) is -0.632. The number of carboxylic acids is 1. The van der Waals surface area contributed by atoms with Gasteiger partial charge >= 0.3 is 30.6 Å². The molecular formula is C21H21F9N2O5. The number of alkyl halides is 9. The van der Waals surface area contributed by atoms with Gasteiger partial charge in [-0.2, -0.15) is 39.5 Å². The Labute approximate surface area is 203 Å². The smallest absolute Gasteiger partial charge is 0.434 e. The van der Waals surface area contributed by atoms with Gasteiger partial charge in [-0.15, -0.1) is 0 Å². The molecule has 0 atom stereocenters. The predicted octanol–water partition coefficient (Wildman–Crippen LogP) is 4.69. The zero-order chi connectivity index (χ0) is 27.8. The highest BCUT2D eigenvalue weighted by Crippen LogP contribution is 2.38. The van der Waals surface area contributed by atoms with Gasteiger partial charge in [0.2, 0.25) is 0 Å². The number of nitrogens with zero attached hydrogens (tertiary/aromatic N) is 2. The summed E-state index contributed by atoms with van der Waals surface area (Å²) in [5, 5.41) is 8.97. The Kier molecular flexibility index (Phi) is 8.10. The number of benzene rings is 1. The number of carbonyl (C=O) groups excluding carboxylic acids is 1. The number of amides is 1. The number of ether oxygens (including phenoxy) is 2. The van der Waals surface area contributed by atoms with Crippen LogP contribution in [0.25, 0.3) is 0 Å². The number of hydrogen-bond acceptors (Lipinski definition) is 5. The van der Waals surface area contributed by atoms with Crippen molar-refractivity contribution in [2.75, 3.05) is 26.2 Å². The number of aliphatic carboxylic acids is 1. The second-order valence-corrected chi connectivity index (χ2v) is 8.68. The van der Waals surface area contributed by atoms with E-state index < -0.39 is 54.3 Å². The van der Waals surface area contributed by atoms with Gasteiger partial charge in [-0.25, -0.2) is 4.79 Å². The third kappa shape index (κ3) is 7.32. The second kappa shape index (κ2) is 10.5. The summed E-state index contributed by atoms with van der Waals surface area (Å²) >= 11 is 0. The first-order valence-corrected chi connectivity index (χ1v) is 10.9. The first-order valence-electron chi connectivity index (χ1n) is 10.9. The lowest BCUT2D eigenvalue weighted by Gasteiger charge is -2.36. The minimum atomic E-state index is -5.85. The van der Waals surface area contributed by atoms with E-state index in [9.17, 15) is 49.1 Å². The fraction of sp³-hybridized carbons (Fsp3) is 0.619. The topological polar surface area (TPSA) is 79.3 Å². The quantitative estimate of drug-likeness (QED) is 0.516. The van der Waals surface area contributed by atoms with Gasteiger partial charge < -0.3 is 19.5 Å². The molecule has 2 aliphatic rings. The van der Waals surface area contributed by atoms with Crippen LogP contribution in [0.4, 0.5) is 44.3 Å². The standard InChI is InChI=1S/C21H21F9N2O5/c22-19(23,24)13-2-1-11(15(9-13)36-14-7-12(8-14)16(33)34)10-31-3-5-32(6-4-31)18(35)37-17(20(25,26)27)21(28,29)30/h1-2,9,12,14,17H,3-8,10H2,(H,33,34)/t12-,14-. The van der Waals surface area contributed by atoms with Gasteiger partial charge in [0, 0.05) is 38.3 Å². The van der Waals surface area contributed by atoms with Gasteiger partial charge in [0.1, 0.15) is 11.9 Å². The van der Waals surface area contributed by atoms with Crippen LogP contribution in [-0.4, -0.2) is 77.7 Å². The SMILES string of the molecule is O=C(OC(C(F)(F)F)C(F)(F)F)N1CCN(Cc2ccc(C(F)(F)F)cc2O[C@H]2C[C@H](C(=O)O)C2)CC1. The van der Waals surface area contributed by atoms with Crippen LogP contribution in [0.5, 0.6) is 5.75 Å². The Morgan fingerprint density at radius 3 is 2.00 bits per heavy atom. The molecule has 1 saturated heterocycles. The van der Waals surface area contributed by atoms with E-state index in [1.807, 2.05) is 0 Å². The summed E-state index contributed by atoms with van der Waals surface area (Å²) in [5.41, 5.74) is -0.686. The molecule has 0 unspecified atom stereocenters. The van der Waals surface area contributed by atoms with Gasteiger partial charge in [-0.05, 0) is 25.0 Å². The van der Waals surface area contributed by atoms with Crippen LogP contribution < -0.4 is 4.74 Å². The molecule has 0 bridgehead atoms. The monoisotopic (exact) mass is 552 g/mol. The third-order valence-corrected chi connectivity index (χ3v) is 5.97. The van der Waals surface area contributed by atoms with E-state index in [2.05, 4.69) is 4.74 Å². The molecule has 0 radical (unpaired) electrons. The van der Waals surface area contributed by atoms with Gasteiger partial charge in [0.05, 0.1) is 11.5 Å². The molecule has 1 aliphatic heterocycles. The van der Waals surface area contributed by atoms with E-state index in [-0.39, 0.29) is 51.3 Å². The number of hydrogen-bond donors (Lipinski definition) is 1. The number of piperazine rings is 1. The van der Waals surface area contributed by atoms with Crippen molar-refractivity contribution < 1.29 is 63.7 Å². The Morgan fingerprint density at radius 2 is 1.51 bits per heavy atom. The Balaban J connectivity index is 1.63. The summed E-state index contributed by atoms with van der Waals surface area (Å²) in [5.74, 6) is -1.83. The molecule has 37 heavy (non-hydrogen) atoms. The zero-order valence-electron chi connectivity index (χ0n) is 18.8. The minimum absolute atomic E-state index is 0.000829. The second-order valence-electron chi connectivity index (χ2n) is 8.68. The maximum Gasteiger partial charge on any atom is 0.434 e. The summed E-state index contributed by atoms with van der Waals surface area (Å²) in [4.78, 5) is 25.2. The lowest BCUT2D eigenvalue weighted by molar-refractivity contribution is -0.308. The van der Waals surface area contributed by atoms with Crippen molar-refractivity contribution in [2.24, 2.45) is 5.92 Å². The van der Waals surface area contributed by atoms with Crippen molar-refractivity contribution >= 4 is 12.1 Å². The molecule has 0 spiro atoms. The van der Waals surface area contributed by atoms with Crippen molar-refractivity contribution in [1.29, 1.82) is 0 Å². The van der Waals surface area contributed by atoms with E-state index in [0.717, 1.165) is 12.1 Å². The molecule has 16 heteroatoms. The summed E-state index contributed by atoms with van der Waals surface area (Å²) < 4.78 is 125. The van der Waals surface area contributed by atoms with Crippen LogP contribution >= 0.6 is 0 Å². The van der Waals surface area contributed by atoms with Crippen LogP contribution in [0.2, 0.25) is 0 Å². The van der Waals surface area contributed by atoms with Crippen LogP contribution in [-0.2, 0) is 22.3 Å². The maximum atomic E-state index is 13.2. The van der Waals surface area contributed by atoms with Gasteiger partial charge in [-0.3, -0.25) is 9.69 Å². The highest BCUT2D eigenvalue weighted by atomic mass is 19.4. The number of carbonyl (C=O) groups is 2. The fourth-order valence-electron chi connectivity index (χ4n) is 3.84.